The van der Waals surface area contributed by atoms with E-state index in [0.29, 0.717) is 35.9 Å². The van der Waals surface area contributed by atoms with Gasteiger partial charge in [-0.05, 0) is 60.4 Å². The van der Waals surface area contributed by atoms with Gasteiger partial charge in [-0.25, -0.2) is 16.8 Å². The number of furan rings is 1. The van der Waals surface area contributed by atoms with E-state index >= 15 is 0 Å². The molecule has 0 bridgehead atoms. The maximum atomic E-state index is 11.1. The smallest absolute Gasteiger partial charge is 0.265 e. The minimum atomic E-state index is -4.30. The van der Waals surface area contributed by atoms with Crippen molar-refractivity contribution >= 4 is 77.1 Å². The first-order valence-electron chi connectivity index (χ1n) is 11.9. The number of anilines is 1. The predicted molar refractivity (Wildman–Crippen MR) is 148 cm³/mol. The Hall–Kier alpha value is -1.87. The molecule has 0 atom stereocenters. The summed E-state index contributed by atoms with van der Waals surface area (Å²) < 4.78 is 73.9. The summed E-state index contributed by atoms with van der Waals surface area (Å²) in [5.74, 6) is -0.841. The Bertz CT molecular complexity index is 1590. The van der Waals surface area contributed by atoms with E-state index in [1.807, 2.05) is 41.8 Å². The number of hydrogen-bond donors (Lipinski definition) is 0. The third-order valence-electron chi connectivity index (χ3n) is 5.88. The second-order valence-electron chi connectivity index (χ2n) is 8.69. The van der Waals surface area contributed by atoms with E-state index in [1.54, 1.807) is 18.0 Å². The van der Waals surface area contributed by atoms with Crippen LogP contribution in [0.5, 0.6) is 0 Å². The molecule has 2 aromatic heterocycles. The van der Waals surface area contributed by atoms with Gasteiger partial charge in [0.1, 0.15) is 0 Å². The summed E-state index contributed by atoms with van der Waals surface area (Å²) in [7, 11) is -8.57. The van der Waals surface area contributed by atoms with Gasteiger partial charge in [-0.3, -0.25) is 0 Å². The molecule has 9 nitrogen and oxygen atoms in total. The molecule has 0 N–H and O–H groups in total. The summed E-state index contributed by atoms with van der Waals surface area (Å²) in [6.45, 7) is 2.91. The largest absolute Gasteiger partial charge is 0.748 e. The molecule has 1 aromatic carbocycles. The zero-order chi connectivity index (χ0) is 27.5. The van der Waals surface area contributed by atoms with E-state index in [2.05, 4.69) is 11.0 Å². The molecule has 0 aliphatic carbocycles. The Morgan fingerprint density at radius 1 is 1.11 bits per heavy atom. The second-order valence-corrected chi connectivity index (χ2v) is 14.2. The number of unbranched alkanes of at least 4 members (excludes halogenated alkanes) is 1. The molecule has 0 fully saturated rings. The normalized spacial score (nSPS) is 15.6. The van der Waals surface area contributed by atoms with Crippen molar-refractivity contribution in [2.45, 2.75) is 44.0 Å². The Morgan fingerprint density at radius 2 is 1.84 bits per heavy atom. The van der Waals surface area contributed by atoms with Crippen LogP contribution in [-0.2, 0) is 26.8 Å². The van der Waals surface area contributed by atoms with Gasteiger partial charge in [0.2, 0.25) is 0 Å². The standard InChI is InChI=1S/C24H27ClN2O7S4/c1-2-17(15-23-26(10-5-13-38(31,32)33)19-8-11-34-24(19)36-23)14-22-27(9-3-4-12-37(28,29)30)20-16-18(25)6-7-21(20)35-22/h6-8,11,14-16H,2-5,9-10,12-13H2,1H3,(H-,28,29,30,31,32,33)/p-1. The highest BCUT2D eigenvalue weighted by molar-refractivity contribution is 8.03. The highest BCUT2D eigenvalue weighted by Gasteiger charge is 2.26. The minimum absolute atomic E-state index is 0.190. The van der Waals surface area contributed by atoms with Crippen molar-refractivity contribution in [3.05, 3.63) is 57.2 Å². The third-order valence-corrected chi connectivity index (χ3v) is 9.85. The minimum Gasteiger partial charge on any atom is -0.748 e. The van der Waals surface area contributed by atoms with E-state index in [4.69, 9.17) is 16.0 Å². The lowest BCUT2D eigenvalue weighted by Crippen LogP contribution is -2.35. The van der Waals surface area contributed by atoms with Crippen LogP contribution in [0.25, 0.3) is 16.5 Å². The van der Waals surface area contributed by atoms with Gasteiger partial charge >= 0.3 is 0 Å². The third kappa shape index (κ3) is 7.62. The molecular weight excluding hydrogens is 592 g/mol. The van der Waals surface area contributed by atoms with Gasteiger partial charge in [-0.2, -0.15) is 4.57 Å². The predicted octanol–water partition coefficient (Wildman–Crippen LogP) is 4.94. The topological polar surface area (TPSA) is 135 Å². The van der Waals surface area contributed by atoms with Gasteiger partial charge in [0.15, 0.2) is 6.54 Å². The molecule has 4 rings (SSSR count). The van der Waals surface area contributed by atoms with Crippen LogP contribution in [0.4, 0.5) is 5.69 Å². The Labute approximate surface area is 235 Å². The fourth-order valence-corrected chi connectivity index (χ4v) is 7.53. The van der Waals surface area contributed by atoms with Gasteiger partial charge in [0, 0.05) is 40.5 Å². The first-order valence-corrected chi connectivity index (χ1v) is 17.0. The number of thiazole rings is 1. The SMILES string of the molecule is CCC(=Cc1sc2occc2[n+]1CCCS(=O)(=O)[O-])C=C1Sc2ccc(Cl)cc2N1CCCCS(=O)(=O)[O-]. The Kier molecular flexibility index (Phi) is 9.28. The first-order chi connectivity index (χ1) is 17.9. The molecule has 3 heterocycles. The van der Waals surface area contributed by atoms with Crippen molar-refractivity contribution in [1.82, 2.24) is 0 Å². The van der Waals surface area contributed by atoms with Crippen molar-refractivity contribution in [2.24, 2.45) is 0 Å². The molecule has 14 heteroatoms. The van der Waals surface area contributed by atoms with Gasteiger partial charge < -0.3 is 18.4 Å². The Morgan fingerprint density at radius 3 is 2.55 bits per heavy atom. The van der Waals surface area contributed by atoms with Crippen molar-refractivity contribution < 1.29 is 34.9 Å². The zero-order valence-electron chi connectivity index (χ0n) is 20.5. The average molecular weight is 618 g/mol. The number of aromatic nitrogens is 1. The molecule has 3 aromatic rings. The lowest BCUT2D eigenvalue weighted by molar-refractivity contribution is -0.668. The number of fused-ring (bicyclic) bond motifs is 2. The summed E-state index contributed by atoms with van der Waals surface area (Å²) in [5, 5.41) is 2.41. The van der Waals surface area contributed by atoms with Crippen LogP contribution in [-0.4, -0.2) is 44.0 Å². The van der Waals surface area contributed by atoms with Gasteiger partial charge in [-0.1, -0.05) is 30.3 Å². The van der Waals surface area contributed by atoms with E-state index in [0.717, 1.165) is 31.7 Å². The van der Waals surface area contributed by atoms with Crippen molar-refractivity contribution in [1.29, 1.82) is 0 Å². The summed E-state index contributed by atoms with van der Waals surface area (Å²) >= 11 is 9.28. The molecule has 0 amide bonds. The molecule has 38 heavy (non-hydrogen) atoms. The van der Waals surface area contributed by atoms with E-state index < -0.39 is 31.7 Å². The first kappa shape index (κ1) is 29.1. The maximum absolute atomic E-state index is 11.1. The number of allylic oxidation sites excluding steroid dienone is 2. The summed E-state index contributed by atoms with van der Waals surface area (Å²) in [4.78, 5) is 3.81. The number of benzene rings is 1. The van der Waals surface area contributed by atoms with E-state index in [9.17, 15) is 25.9 Å². The maximum Gasteiger partial charge on any atom is 0.265 e. The number of halogens is 1. The summed E-state index contributed by atoms with van der Waals surface area (Å²) in [6, 6.07) is 7.45. The zero-order valence-corrected chi connectivity index (χ0v) is 24.5. The molecule has 0 saturated heterocycles. The van der Waals surface area contributed by atoms with E-state index in [-0.39, 0.29) is 12.8 Å². The van der Waals surface area contributed by atoms with Crippen LogP contribution >= 0.6 is 34.7 Å². The molecule has 206 valence electrons. The van der Waals surface area contributed by atoms with Crippen LogP contribution < -0.4 is 9.47 Å². The highest BCUT2D eigenvalue weighted by Crippen LogP contribution is 2.47. The molecule has 1 aliphatic heterocycles. The van der Waals surface area contributed by atoms with Gasteiger partial charge in [-0.15, -0.1) is 0 Å². The van der Waals surface area contributed by atoms with Crippen LogP contribution in [0.15, 0.2) is 56.5 Å². The molecule has 0 saturated carbocycles. The molecule has 1 aliphatic rings. The van der Waals surface area contributed by atoms with Crippen LogP contribution in [0.2, 0.25) is 5.02 Å². The van der Waals surface area contributed by atoms with Crippen LogP contribution in [0.1, 0.15) is 37.6 Å². The highest BCUT2D eigenvalue weighted by atomic mass is 35.5. The second kappa shape index (κ2) is 12.1. The lowest BCUT2D eigenvalue weighted by Gasteiger charge is -2.21. The molecular formula is C24H26ClN2O7S4-. The van der Waals surface area contributed by atoms with Gasteiger partial charge in [0.25, 0.3) is 15.4 Å². The number of hydrogen-bond acceptors (Lipinski definition) is 10. The van der Waals surface area contributed by atoms with Crippen molar-refractivity contribution in [2.75, 3.05) is 23.0 Å². The molecule has 0 spiro atoms. The van der Waals surface area contributed by atoms with Gasteiger partial charge in [0.05, 0.1) is 43.3 Å². The average Bonchev–Trinajstić information content (AvgIpc) is 3.49. The molecule has 0 unspecified atom stereocenters. The summed E-state index contributed by atoms with van der Waals surface area (Å²) in [6.07, 6.45) is 7.34. The quantitative estimate of drug-likeness (QED) is 0.157. The fourth-order valence-electron chi connectivity index (χ4n) is 4.10. The van der Waals surface area contributed by atoms with E-state index in [1.165, 1.54) is 11.3 Å². The lowest BCUT2D eigenvalue weighted by atomic mass is 10.2. The Balaban J connectivity index is 1.63. The summed E-state index contributed by atoms with van der Waals surface area (Å²) in [5.41, 5.74) is 2.77. The van der Waals surface area contributed by atoms with Crippen LogP contribution in [0.3, 0.4) is 0 Å². The monoisotopic (exact) mass is 617 g/mol. The van der Waals surface area contributed by atoms with Crippen molar-refractivity contribution in [3.8, 4) is 0 Å². The number of nitrogens with zero attached hydrogens (tertiary/aromatic N) is 2. The fraction of sp³-hybridized carbons (Fsp3) is 0.375. The van der Waals surface area contributed by atoms with Crippen LogP contribution in [0, 0.1) is 0 Å². The number of thioether (sulfide) groups is 1. The van der Waals surface area contributed by atoms with Crippen molar-refractivity contribution in [3.63, 3.8) is 0 Å². The molecule has 0 radical (unpaired) electrons. The number of aryl methyl sites for hydroxylation is 1. The number of rotatable bonds is 12.